The first-order chi connectivity index (χ1) is 6.75. The number of nitrogens with zero attached hydrogens (tertiary/aromatic N) is 1. The van der Waals surface area contributed by atoms with Gasteiger partial charge in [0.05, 0.1) is 6.54 Å². The maximum Gasteiger partial charge on any atom is 0.0574 e. The second kappa shape index (κ2) is 6.06. The molecule has 0 amide bonds. The predicted molar refractivity (Wildman–Crippen MR) is 61.1 cm³/mol. The molecule has 0 saturated carbocycles. The summed E-state index contributed by atoms with van der Waals surface area (Å²) in [5.41, 5.74) is 0. The van der Waals surface area contributed by atoms with Crippen LogP contribution in [0.3, 0.4) is 0 Å². The Hall–Kier alpha value is -0.520. The zero-order valence-corrected chi connectivity index (χ0v) is 9.42. The molecule has 80 valence electrons. The van der Waals surface area contributed by atoms with Gasteiger partial charge in [0, 0.05) is 19.1 Å². The third-order valence-corrected chi connectivity index (χ3v) is 2.99. The van der Waals surface area contributed by atoms with Gasteiger partial charge in [0.1, 0.15) is 0 Å². The minimum absolute atomic E-state index is 0.695. The molecule has 0 spiro atoms. The standard InChI is InChI=1S/C12H22N2/c1-4-7-13-8-10-14-9-5-6-12(14)11(2)3/h1,11-13H,5-10H2,2-3H3. The van der Waals surface area contributed by atoms with E-state index >= 15 is 0 Å². The van der Waals surface area contributed by atoms with Gasteiger partial charge < -0.3 is 5.32 Å². The molecule has 0 bridgehead atoms. The van der Waals surface area contributed by atoms with Crippen molar-refractivity contribution in [3.05, 3.63) is 0 Å². The smallest absolute Gasteiger partial charge is 0.0574 e. The van der Waals surface area contributed by atoms with E-state index in [4.69, 9.17) is 6.42 Å². The highest BCUT2D eigenvalue weighted by Gasteiger charge is 2.25. The van der Waals surface area contributed by atoms with E-state index < -0.39 is 0 Å². The minimum Gasteiger partial charge on any atom is -0.305 e. The molecule has 1 heterocycles. The first-order valence-electron chi connectivity index (χ1n) is 5.64. The van der Waals surface area contributed by atoms with E-state index in [1.54, 1.807) is 0 Å². The van der Waals surface area contributed by atoms with Gasteiger partial charge >= 0.3 is 0 Å². The number of rotatable bonds is 5. The van der Waals surface area contributed by atoms with E-state index in [1.165, 1.54) is 19.4 Å². The molecule has 1 fully saturated rings. The molecule has 0 aliphatic carbocycles. The van der Waals surface area contributed by atoms with E-state index in [2.05, 4.69) is 30.0 Å². The van der Waals surface area contributed by atoms with Gasteiger partial charge in [-0.05, 0) is 25.3 Å². The summed E-state index contributed by atoms with van der Waals surface area (Å²) in [6.07, 6.45) is 7.90. The van der Waals surface area contributed by atoms with Gasteiger partial charge in [0.2, 0.25) is 0 Å². The number of hydrogen-bond acceptors (Lipinski definition) is 2. The Morgan fingerprint density at radius 2 is 2.36 bits per heavy atom. The van der Waals surface area contributed by atoms with E-state index in [0.29, 0.717) is 6.54 Å². The molecular formula is C12H22N2. The molecule has 1 N–H and O–H groups in total. The lowest BCUT2D eigenvalue weighted by molar-refractivity contribution is 0.208. The fourth-order valence-corrected chi connectivity index (χ4v) is 2.27. The van der Waals surface area contributed by atoms with Crippen LogP contribution in [-0.2, 0) is 0 Å². The summed E-state index contributed by atoms with van der Waals surface area (Å²) in [6.45, 7) is 8.76. The average molecular weight is 194 g/mol. The highest BCUT2D eigenvalue weighted by atomic mass is 15.2. The lowest BCUT2D eigenvalue weighted by Crippen LogP contribution is -2.38. The van der Waals surface area contributed by atoms with Crippen molar-refractivity contribution in [2.24, 2.45) is 5.92 Å². The molecule has 1 unspecified atom stereocenters. The zero-order valence-electron chi connectivity index (χ0n) is 9.42. The summed E-state index contributed by atoms with van der Waals surface area (Å²) in [5.74, 6) is 3.38. The summed E-state index contributed by atoms with van der Waals surface area (Å²) in [7, 11) is 0. The third kappa shape index (κ3) is 3.32. The second-order valence-electron chi connectivity index (χ2n) is 4.37. The molecule has 0 aromatic heterocycles. The summed E-state index contributed by atoms with van der Waals surface area (Å²) in [4.78, 5) is 2.59. The molecule has 0 aromatic carbocycles. The average Bonchev–Trinajstić information content (AvgIpc) is 2.60. The van der Waals surface area contributed by atoms with Crippen LogP contribution in [0.2, 0.25) is 0 Å². The van der Waals surface area contributed by atoms with Gasteiger partial charge in [-0.25, -0.2) is 0 Å². The fraction of sp³-hybridized carbons (Fsp3) is 0.833. The highest BCUT2D eigenvalue weighted by Crippen LogP contribution is 2.22. The summed E-state index contributed by atoms with van der Waals surface area (Å²) in [5, 5.41) is 3.24. The molecule has 1 aliphatic heterocycles. The Bertz CT molecular complexity index is 193. The lowest BCUT2D eigenvalue weighted by atomic mass is 10.0. The first-order valence-corrected chi connectivity index (χ1v) is 5.64. The Kier molecular flexibility index (Phi) is 5.00. The molecular weight excluding hydrogens is 172 g/mol. The van der Waals surface area contributed by atoms with Gasteiger partial charge in [0.25, 0.3) is 0 Å². The SMILES string of the molecule is C#CCNCCN1CCCC1C(C)C. The normalized spacial score (nSPS) is 22.9. The molecule has 14 heavy (non-hydrogen) atoms. The van der Waals surface area contributed by atoms with Crippen LogP contribution in [0, 0.1) is 18.3 Å². The predicted octanol–water partition coefficient (Wildman–Crippen LogP) is 1.33. The summed E-state index contributed by atoms with van der Waals surface area (Å²) in [6, 6.07) is 0.794. The van der Waals surface area contributed by atoms with Crippen LogP contribution in [0.1, 0.15) is 26.7 Å². The molecule has 0 radical (unpaired) electrons. The summed E-state index contributed by atoms with van der Waals surface area (Å²) < 4.78 is 0. The molecule has 1 rings (SSSR count). The Balaban J connectivity index is 2.19. The van der Waals surface area contributed by atoms with Crippen LogP contribution in [0.25, 0.3) is 0 Å². The van der Waals surface area contributed by atoms with Crippen molar-refractivity contribution < 1.29 is 0 Å². The van der Waals surface area contributed by atoms with Crippen LogP contribution >= 0.6 is 0 Å². The molecule has 2 heteroatoms. The van der Waals surface area contributed by atoms with E-state index in [-0.39, 0.29) is 0 Å². The van der Waals surface area contributed by atoms with Crippen LogP contribution < -0.4 is 5.32 Å². The van der Waals surface area contributed by atoms with Crippen molar-refractivity contribution >= 4 is 0 Å². The third-order valence-electron chi connectivity index (χ3n) is 2.99. The molecule has 2 nitrogen and oxygen atoms in total. The fourth-order valence-electron chi connectivity index (χ4n) is 2.27. The van der Waals surface area contributed by atoms with E-state index in [1.807, 2.05) is 0 Å². The van der Waals surface area contributed by atoms with Crippen molar-refractivity contribution in [3.8, 4) is 12.3 Å². The monoisotopic (exact) mass is 194 g/mol. The molecule has 1 saturated heterocycles. The first kappa shape index (κ1) is 11.6. The lowest BCUT2D eigenvalue weighted by Gasteiger charge is -2.27. The number of hydrogen-bond donors (Lipinski definition) is 1. The van der Waals surface area contributed by atoms with Gasteiger partial charge in [-0.2, -0.15) is 0 Å². The topological polar surface area (TPSA) is 15.3 Å². The van der Waals surface area contributed by atoms with Crippen LogP contribution in [0.4, 0.5) is 0 Å². The Labute approximate surface area is 88.1 Å². The van der Waals surface area contributed by atoms with Gasteiger partial charge in [-0.15, -0.1) is 6.42 Å². The quantitative estimate of drug-likeness (QED) is 0.525. The van der Waals surface area contributed by atoms with Gasteiger partial charge in [-0.3, -0.25) is 4.90 Å². The van der Waals surface area contributed by atoms with Gasteiger partial charge in [-0.1, -0.05) is 19.8 Å². The summed E-state index contributed by atoms with van der Waals surface area (Å²) >= 11 is 0. The van der Waals surface area contributed by atoms with E-state index in [0.717, 1.165) is 25.0 Å². The maximum atomic E-state index is 5.17. The molecule has 1 atom stereocenters. The van der Waals surface area contributed by atoms with Crippen molar-refractivity contribution in [1.29, 1.82) is 0 Å². The van der Waals surface area contributed by atoms with Crippen molar-refractivity contribution in [1.82, 2.24) is 10.2 Å². The van der Waals surface area contributed by atoms with Crippen LogP contribution in [0.5, 0.6) is 0 Å². The minimum atomic E-state index is 0.695. The number of likely N-dealkylation sites (tertiary alicyclic amines) is 1. The largest absolute Gasteiger partial charge is 0.305 e. The maximum absolute atomic E-state index is 5.17. The Morgan fingerprint density at radius 3 is 3.00 bits per heavy atom. The van der Waals surface area contributed by atoms with Crippen LogP contribution in [-0.4, -0.2) is 37.1 Å². The van der Waals surface area contributed by atoms with E-state index in [9.17, 15) is 0 Å². The van der Waals surface area contributed by atoms with Crippen molar-refractivity contribution in [3.63, 3.8) is 0 Å². The zero-order chi connectivity index (χ0) is 10.4. The van der Waals surface area contributed by atoms with Gasteiger partial charge in [0.15, 0.2) is 0 Å². The van der Waals surface area contributed by atoms with Crippen molar-refractivity contribution in [2.75, 3.05) is 26.2 Å². The second-order valence-corrected chi connectivity index (χ2v) is 4.37. The van der Waals surface area contributed by atoms with Crippen molar-refractivity contribution in [2.45, 2.75) is 32.7 Å². The molecule has 0 aromatic rings. The number of terminal acetylenes is 1. The molecule has 1 aliphatic rings. The Morgan fingerprint density at radius 1 is 1.57 bits per heavy atom. The number of nitrogens with one attached hydrogen (secondary N) is 1. The highest BCUT2D eigenvalue weighted by molar-refractivity contribution is 4.87. The van der Waals surface area contributed by atoms with Crippen LogP contribution in [0.15, 0.2) is 0 Å².